The number of carbonyl (C=O) groups is 1. The molecule has 1 saturated heterocycles. The van der Waals surface area contributed by atoms with E-state index < -0.39 is 5.97 Å². The first-order valence-corrected chi connectivity index (χ1v) is 5.82. The first-order chi connectivity index (χ1) is 8.16. The molecule has 0 amide bonds. The van der Waals surface area contributed by atoms with Crippen LogP contribution in [-0.4, -0.2) is 41.8 Å². The van der Waals surface area contributed by atoms with Crippen LogP contribution in [0.1, 0.15) is 22.8 Å². The van der Waals surface area contributed by atoms with Crippen LogP contribution in [0.15, 0.2) is 24.3 Å². The second-order valence-corrected chi connectivity index (χ2v) is 4.38. The molecular weight excluding hydrogens is 218 g/mol. The molecule has 0 saturated carbocycles. The van der Waals surface area contributed by atoms with E-state index in [-0.39, 0.29) is 6.10 Å². The Morgan fingerprint density at radius 3 is 3.00 bits per heavy atom. The number of hydrogen-bond acceptors (Lipinski definition) is 3. The average Bonchev–Trinajstić information content (AvgIpc) is 2.29. The number of morpholine rings is 1. The summed E-state index contributed by atoms with van der Waals surface area (Å²) in [7, 11) is 0. The van der Waals surface area contributed by atoms with E-state index in [9.17, 15) is 4.79 Å². The van der Waals surface area contributed by atoms with Crippen molar-refractivity contribution < 1.29 is 14.6 Å². The van der Waals surface area contributed by atoms with E-state index in [0.717, 1.165) is 25.3 Å². The summed E-state index contributed by atoms with van der Waals surface area (Å²) < 4.78 is 5.47. The van der Waals surface area contributed by atoms with Gasteiger partial charge in [0.25, 0.3) is 0 Å². The highest BCUT2D eigenvalue weighted by Gasteiger charge is 2.18. The van der Waals surface area contributed by atoms with E-state index in [1.165, 1.54) is 0 Å². The zero-order chi connectivity index (χ0) is 12.3. The van der Waals surface area contributed by atoms with E-state index in [1.807, 2.05) is 19.1 Å². The molecule has 1 N–H and O–H groups in total. The lowest BCUT2D eigenvalue weighted by Crippen LogP contribution is -2.40. The number of carboxylic acids is 1. The maximum absolute atomic E-state index is 11.1. The third kappa shape index (κ3) is 3.05. The molecule has 17 heavy (non-hydrogen) atoms. The van der Waals surface area contributed by atoms with E-state index in [4.69, 9.17) is 9.84 Å². The van der Waals surface area contributed by atoms with E-state index in [2.05, 4.69) is 4.90 Å². The molecule has 1 aliphatic rings. The van der Waals surface area contributed by atoms with Crippen LogP contribution in [0.4, 0.5) is 0 Å². The van der Waals surface area contributed by atoms with Gasteiger partial charge >= 0.3 is 5.97 Å². The Balaban J connectivity index is 2.10. The molecule has 0 aromatic heterocycles. The fourth-order valence-corrected chi connectivity index (χ4v) is 2.14. The van der Waals surface area contributed by atoms with Crippen molar-refractivity contribution in [2.24, 2.45) is 0 Å². The molecule has 0 aliphatic carbocycles. The number of ether oxygens (including phenoxy) is 1. The van der Waals surface area contributed by atoms with E-state index >= 15 is 0 Å². The molecule has 1 aliphatic heterocycles. The second kappa shape index (κ2) is 5.29. The first-order valence-electron chi connectivity index (χ1n) is 5.82. The fourth-order valence-electron chi connectivity index (χ4n) is 2.14. The van der Waals surface area contributed by atoms with Gasteiger partial charge in [0.05, 0.1) is 18.3 Å². The molecule has 0 bridgehead atoms. The lowest BCUT2D eigenvalue weighted by molar-refractivity contribution is -0.0212. The van der Waals surface area contributed by atoms with Crippen LogP contribution in [0.2, 0.25) is 0 Å². The third-order valence-corrected chi connectivity index (χ3v) is 2.97. The van der Waals surface area contributed by atoms with Gasteiger partial charge in [-0.05, 0) is 18.6 Å². The van der Waals surface area contributed by atoms with Crippen molar-refractivity contribution in [2.45, 2.75) is 19.6 Å². The van der Waals surface area contributed by atoms with Gasteiger partial charge in [-0.2, -0.15) is 0 Å². The van der Waals surface area contributed by atoms with Gasteiger partial charge in [-0.1, -0.05) is 18.2 Å². The molecule has 4 heteroatoms. The van der Waals surface area contributed by atoms with Gasteiger partial charge < -0.3 is 9.84 Å². The predicted molar refractivity (Wildman–Crippen MR) is 64.1 cm³/mol. The summed E-state index contributed by atoms with van der Waals surface area (Å²) in [4.78, 5) is 13.3. The number of hydrogen-bond donors (Lipinski definition) is 1. The van der Waals surface area contributed by atoms with Crippen molar-refractivity contribution >= 4 is 5.97 Å². The molecule has 1 aromatic carbocycles. The third-order valence-electron chi connectivity index (χ3n) is 2.97. The monoisotopic (exact) mass is 235 g/mol. The smallest absolute Gasteiger partial charge is 0.336 e. The highest BCUT2D eigenvalue weighted by atomic mass is 16.5. The van der Waals surface area contributed by atoms with Crippen LogP contribution in [-0.2, 0) is 11.3 Å². The van der Waals surface area contributed by atoms with Crippen molar-refractivity contribution in [3.05, 3.63) is 35.4 Å². The molecular formula is C13H17NO3. The van der Waals surface area contributed by atoms with Crippen LogP contribution in [0.25, 0.3) is 0 Å². The number of nitrogens with zero attached hydrogens (tertiary/aromatic N) is 1. The van der Waals surface area contributed by atoms with Crippen LogP contribution in [0.3, 0.4) is 0 Å². The number of carboxylic acid groups (broad SMARTS) is 1. The Bertz CT molecular complexity index is 405. The van der Waals surface area contributed by atoms with Crippen molar-refractivity contribution in [3.63, 3.8) is 0 Å². The Hall–Kier alpha value is -1.39. The van der Waals surface area contributed by atoms with Crippen molar-refractivity contribution in [3.8, 4) is 0 Å². The van der Waals surface area contributed by atoms with Gasteiger partial charge in [0, 0.05) is 19.6 Å². The summed E-state index contributed by atoms with van der Waals surface area (Å²) >= 11 is 0. The maximum Gasteiger partial charge on any atom is 0.336 e. The Labute approximate surface area is 101 Å². The van der Waals surface area contributed by atoms with Gasteiger partial charge in [0.2, 0.25) is 0 Å². The lowest BCUT2D eigenvalue weighted by Gasteiger charge is -2.31. The van der Waals surface area contributed by atoms with Gasteiger partial charge in [0.1, 0.15) is 0 Å². The summed E-state index contributed by atoms with van der Waals surface area (Å²) in [5.41, 5.74) is 1.26. The Morgan fingerprint density at radius 2 is 2.29 bits per heavy atom. The minimum absolute atomic E-state index is 0.223. The second-order valence-electron chi connectivity index (χ2n) is 4.38. The lowest BCUT2D eigenvalue weighted by atomic mass is 10.1. The highest BCUT2D eigenvalue weighted by Crippen LogP contribution is 2.14. The molecule has 1 fully saturated rings. The highest BCUT2D eigenvalue weighted by molar-refractivity contribution is 5.89. The summed E-state index contributed by atoms with van der Waals surface area (Å²) in [6, 6.07) is 7.17. The standard InChI is InChI=1S/C13H17NO3/c1-10-8-14(6-7-17-10)9-11-4-2-3-5-12(11)13(15)16/h2-5,10H,6-9H2,1H3,(H,15,16). The largest absolute Gasteiger partial charge is 0.478 e. The van der Waals surface area contributed by atoms with Crippen LogP contribution in [0, 0.1) is 0 Å². The molecule has 2 rings (SSSR count). The van der Waals surface area contributed by atoms with Gasteiger partial charge in [-0.15, -0.1) is 0 Å². The summed E-state index contributed by atoms with van der Waals surface area (Å²) in [6.07, 6.45) is 0.223. The first kappa shape index (κ1) is 12.1. The summed E-state index contributed by atoms with van der Waals surface area (Å²) in [5, 5.41) is 9.10. The van der Waals surface area contributed by atoms with Crippen molar-refractivity contribution in [2.75, 3.05) is 19.7 Å². The number of aromatic carboxylic acids is 1. The van der Waals surface area contributed by atoms with Gasteiger partial charge in [-0.25, -0.2) is 4.79 Å². The predicted octanol–water partition coefficient (Wildman–Crippen LogP) is 1.61. The molecule has 1 unspecified atom stereocenters. The number of rotatable bonds is 3. The fraction of sp³-hybridized carbons (Fsp3) is 0.462. The summed E-state index contributed by atoms with van der Waals surface area (Å²) in [5.74, 6) is -0.859. The molecule has 0 radical (unpaired) electrons. The Kier molecular flexibility index (Phi) is 3.76. The molecule has 0 spiro atoms. The maximum atomic E-state index is 11.1. The quantitative estimate of drug-likeness (QED) is 0.864. The molecule has 1 heterocycles. The Morgan fingerprint density at radius 1 is 1.53 bits per heavy atom. The van der Waals surface area contributed by atoms with Crippen LogP contribution < -0.4 is 0 Å². The molecule has 4 nitrogen and oxygen atoms in total. The SMILES string of the molecule is CC1CN(Cc2ccccc2C(=O)O)CCO1. The summed E-state index contributed by atoms with van der Waals surface area (Å²) in [6.45, 7) is 5.15. The van der Waals surface area contributed by atoms with Crippen LogP contribution >= 0.6 is 0 Å². The topological polar surface area (TPSA) is 49.8 Å². The van der Waals surface area contributed by atoms with E-state index in [0.29, 0.717) is 12.1 Å². The minimum atomic E-state index is -0.859. The van der Waals surface area contributed by atoms with Crippen LogP contribution in [0.5, 0.6) is 0 Å². The molecule has 1 atom stereocenters. The van der Waals surface area contributed by atoms with Gasteiger partial charge in [-0.3, -0.25) is 4.90 Å². The van der Waals surface area contributed by atoms with Crippen molar-refractivity contribution in [1.29, 1.82) is 0 Å². The number of benzene rings is 1. The zero-order valence-electron chi connectivity index (χ0n) is 9.93. The zero-order valence-corrected chi connectivity index (χ0v) is 9.93. The normalized spacial score (nSPS) is 21.4. The molecule has 1 aromatic rings. The van der Waals surface area contributed by atoms with E-state index in [1.54, 1.807) is 12.1 Å². The van der Waals surface area contributed by atoms with Crippen molar-refractivity contribution in [1.82, 2.24) is 4.90 Å². The van der Waals surface area contributed by atoms with Gasteiger partial charge in [0.15, 0.2) is 0 Å². The minimum Gasteiger partial charge on any atom is -0.478 e. The average molecular weight is 235 g/mol. The molecule has 92 valence electrons.